The third kappa shape index (κ3) is 5.77. The maximum absolute atomic E-state index is 9.11. The van der Waals surface area contributed by atoms with Gasteiger partial charge in [-0.3, -0.25) is 0 Å². The van der Waals surface area contributed by atoms with Gasteiger partial charge in [0.15, 0.2) is 0 Å². The molecule has 14 heavy (non-hydrogen) atoms. The van der Waals surface area contributed by atoms with Crippen molar-refractivity contribution in [2.75, 3.05) is 6.54 Å². The number of nitrogens with two attached hydrogens (primary N) is 1. The minimum atomic E-state index is -0.309. The third-order valence-corrected chi connectivity index (χ3v) is 2.09. The summed E-state index contributed by atoms with van der Waals surface area (Å²) in [4.78, 5) is 0. The van der Waals surface area contributed by atoms with E-state index in [0.717, 1.165) is 0 Å². The van der Waals surface area contributed by atoms with E-state index in [2.05, 4.69) is 10.5 Å². The van der Waals surface area contributed by atoms with Crippen molar-refractivity contribution < 1.29 is 10.3 Å². The van der Waals surface area contributed by atoms with Gasteiger partial charge in [-0.05, 0) is 20.3 Å². The Balaban J connectivity index is 3.71. The van der Waals surface area contributed by atoms with Crippen LogP contribution in [0.4, 0.5) is 0 Å². The predicted molar refractivity (Wildman–Crippen MR) is 56.3 cm³/mol. The Morgan fingerprint density at radius 1 is 1.43 bits per heavy atom. The second-order valence-electron chi connectivity index (χ2n) is 3.82. The summed E-state index contributed by atoms with van der Waals surface area (Å²) in [5.41, 5.74) is 5.41. The number of amidine groups is 1. The van der Waals surface area contributed by atoms with Crippen LogP contribution in [0, 0.1) is 5.92 Å². The lowest BCUT2D eigenvalue weighted by Gasteiger charge is -2.17. The Labute approximate surface area is 85.0 Å². The molecule has 84 valence electrons. The number of hydrogen-bond acceptors (Lipinski definition) is 4. The lowest BCUT2D eigenvalue weighted by atomic mass is 10.1. The summed E-state index contributed by atoms with van der Waals surface area (Å²) >= 11 is 0. The molecular weight excluding hydrogens is 182 g/mol. The summed E-state index contributed by atoms with van der Waals surface area (Å²) in [7, 11) is 0. The van der Waals surface area contributed by atoms with Crippen molar-refractivity contribution >= 4 is 5.84 Å². The highest BCUT2D eigenvalue weighted by atomic mass is 16.4. The molecule has 0 rings (SSSR count). The zero-order chi connectivity index (χ0) is 11.1. The van der Waals surface area contributed by atoms with Crippen LogP contribution in [-0.4, -0.2) is 34.8 Å². The van der Waals surface area contributed by atoms with Gasteiger partial charge in [0.2, 0.25) is 0 Å². The molecule has 0 amide bonds. The van der Waals surface area contributed by atoms with Crippen molar-refractivity contribution in [2.45, 2.75) is 39.3 Å². The SMILES string of the molecule is CC(O)CC(C)NCC(C)C(N)=NO. The first-order valence-electron chi connectivity index (χ1n) is 4.86. The lowest BCUT2D eigenvalue weighted by molar-refractivity contribution is 0.170. The first-order valence-corrected chi connectivity index (χ1v) is 4.86. The van der Waals surface area contributed by atoms with Gasteiger partial charge in [-0.1, -0.05) is 12.1 Å². The minimum Gasteiger partial charge on any atom is -0.409 e. The van der Waals surface area contributed by atoms with Crippen LogP contribution < -0.4 is 11.1 Å². The van der Waals surface area contributed by atoms with Crippen molar-refractivity contribution in [3.05, 3.63) is 0 Å². The topological polar surface area (TPSA) is 90.9 Å². The van der Waals surface area contributed by atoms with Crippen LogP contribution in [0.15, 0.2) is 5.16 Å². The summed E-state index contributed by atoms with van der Waals surface area (Å²) in [6.07, 6.45) is 0.389. The van der Waals surface area contributed by atoms with E-state index in [-0.39, 0.29) is 23.9 Å². The average molecular weight is 203 g/mol. The molecule has 5 nitrogen and oxygen atoms in total. The Bertz CT molecular complexity index is 183. The molecule has 0 aromatic heterocycles. The van der Waals surface area contributed by atoms with E-state index in [1.54, 1.807) is 6.92 Å². The van der Waals surface area contributed by atoms with Crippen LogP contribution in [0.3, 0.4) is 0 Å². The molecule has 0 aliphatic heterocycles. The van der Waals surface area contributed by atoms with E-state index in [0.29, 0.717) is 13.0 Å². The highest BCUT2D eigenvalue weighted by molar-refractivity contribution is 5.82. The number of hydrogen-bond donors (Lipinski definition) is 4. The smallest absolute Gasteiger partial charge is 0.143 e. The van der Waals surface area contributed by atoms with Crippen molar-refractivity contribution in [3.63, 3.8) is 0 Å². The van der Waals surface area contributed by atoms with Gasteiger partial charge in [-0.25, -0.2) is 0 Å². The number of aliphatic hydroxyl groups excluding tert-OH is 1. The van der Waals surface area contributed by atoms with E-state index in [1.807, 2.05) is 13.8 Å². The third-order valence-electron chi connectivity index (χ3n) is 2.09. The molecule has 0 aliphatic rings. The fraction of sp³-hybridized carbons (Fsp3) is 0.889. The molecule has 0 fully saturated rings. The normalized spacial score (nSPS) is 19.0. The van der Waals surface area contributed by atoms with Crippen molar-refractivity contribution in [3.8, 4) is 0 Å². The zero-order valence-electron chi connectivity index (χ0n) is 9.07. The molecule has 3 atom stereocenters. The summed E-state index contributed by atoms with van der Waals surface area (Å²) in [5, 5.41) is 23.7. The van der Waals surface area contributed by atoms with Crippen LogP contribution in [-0.2, 0) is 0 Å². The van der Waals surface area contributed by atoms with Crippen LogP contribution in [0.5, 0.6) is 0 Å². The second-order valence-corrected chi connectivity index (χ2v) is 3.82. The highest BCUT2D eigenvalue weighted by Crippen LogP contribution is 1.98. The van der Waals surface area contributed by atoms with Crippen molar-refractivity contribution in [1.29, 1.82) is 0 Å². The van der Waals surface area contributed by atoms with Gasteiger partial charge in [-0.2, -0.15) is 0 Å². The molecule has 3 unspecified atom stereocenters. The van der Waals surface area contributed by atoms with Gasteiger partial charge in [0.1, 0.15) is 5.84 Å². The number of nitrogens with one attached hydrogen (secondary N) is 1. The predicted octanol–water partition coefficient (Wildman–Crippen LogP) is 0.118. The molecule has 0 radical (unpaired) electrons. The lowest BCUT2D eigenvalue weighted by Crippen LogP contribution is -2.37. The molecule has 5 heteroatoms. The molecule has 0 saturated heterocycles. The van der Waals surface area contributed by atoms with E-state index >= 15 is 0 Å². The van der Waals surface area contributed by atoms with Crippen molar-refractivity contribution in [1.82, 2.24) is 5.32 Å². The van der Waals surface area contributed by atoms with Gasteiger partial charge >= 0.3 is 0 Å². The van der Waals surface area contributed by atoms with Crippen LogP contribution in [0.2, 0.25) is 0 Å². The van der Waals surface area contributed by atoms with Gasteiger partial charge in [0.05, 0.1) is 6.10 Å². The van der Waals surface area contributed by atoms with E-state index in [4.69, 9.17) is 16.0 Å². The molecule has 0 spiro atoms. The van der Waals surface area contributed by atoms with Crippen LogP contribution in [0.25, 0.3) is 0 Å². The standard InChI is InChI=1S/C9H21N3O2/c1-6(9(10)12-14)5-11-7(2)4-8(3)13/h6-8,11,13-14H,4-5H2,1-3H3,(H2,10,12). The largest absolute Gasteiger partial charge is 0.409 e. The van der Waals surface area contributed by atoms with E-state index in [1.165, 1.54) is 0 Å². The van der Waals surface area contributed by atoms with E-state index in [9.17, 15) is 0 Å². The monoisotopic (exact) mass is 203 g/mol. The Morgan fingerprint density at radius 2 is 2.00 bits per heavy atom. The summed E-state index contributed by atoms with van der Waals surface area (Å²) < 4.78 is 0. The van der Waals surface area contributed by atoms with Crippen molar-refractivity contribution in [2.24, 2.45) is 16.8 Å². The molecule has 5 N–H and O–H groups in total. The number of oxime groups is 1. The zero-order valence-corrected chi connectivity index (χ0v) is 9.07. The number of aliphatic hydroxyl groups is 1. The summed E-state index contributed by atoms with van der Waals surface area (Å²) in [5.74, 6) is 0.221. The highest BCUT2D eigenvalue weighted by Gasteiger charge is 2.10. The molecule has 0 saturated carbocycles. The molecule has 0 heterocycles. The first kappa shape index (κ1) is 13.2. The van der Waals surface area contributed by atoms with Gasteiger partial charge < -0.3 is 21.4 Å². The summed E-state index contributed by atoms with van der Waals surface area (Å²) in [6.45, 7) is 6.26. The fourth-order valence-electron chi connectivity index (χ4n) is 1.18. The quantitative estimate of drug-likeness (QED) is 0.213. The van der Waals surface area contributed by atoms with Gasteiger partial charge in [0, 0.05) is 18.5 Å². The first-order chi connectivity index (χ1) is 6.47. The Kier molecular flexibility index (Phi) is 6.23. The molecule has 0 aromatic rings. The Morgan fingerprint density at radius 3 is 2.43 bits per heavy atom. The molecular formula is C9H21N3O2. The van der Waals surface area contributed by atoms with Gasteiger partial charge in [-0.15, -0.1) is 0 Å². The maximum Gasteiger partial charge on any atom is 0.143 e. The Hall–Kier alpha value is -0.810. The molecule has 0 aromatic carbocycles. The molecule has 0 aliphatic carbocycles. The van der Waals surface area contributed by atoms with E-state index < -0.39 is 0 Å². The average Bonchev–Trinajstić information content (AvgIpc) is 2.11. The molecule has 0 bridgehead atoms. The fourth-order valence-corrected chi connectivity index (χ4v) is 1.18. The van der Waals surface area contributed by atoms with Gasteiger partial charge in [0.25, 0.3) is 0 Å². The van der Waals surface area contributed by atoms with Crippen LogP contribution in [0.1, 0.15) is 27.2 Å². The number of rotatable bonds is 6. The second kappa shape index (κ2) is 6.62. The summed E-state index contributed by atoms with van der Waals surface area (Å²) in [6, 6.07) is 0.226. The number of nitrogens with zero attached hydrogens (tertiary/aromatic N) is 1. The maximum atomic E-state index is 9.11. The van der Waals surface area contributed by atoms with Crippen LogP contribution >= 0.6 is 0 Å². The minimum absolute atomic E-state index is 0.00329.